The van der Waals surface area contributed by atoms with E-state index < -0.39 is 0 Å². The quantitative estimate of drug-likeness (QED) is 0.528. The van der Waals surface area contributed by atoms with Crippen molar-refractivity contribution in [3.63, 3.8) is 0 Å². The molecule has 1 aromatic rings. The second kappa shape index (κ2) is 5.34. The molecule has 2 nitrogen and oxygen atoms in total. The van der Waals surface area contributed by atoms with E-state index in [1.165, 1.54) is 5.56 Å². The van der Waals surface area contributed by atoms with Crippen LogP contribution in [0.5, 0.6) is 0 Å². The molecule has 0 aliphatic heterocycles. The molecular weight excluding hydrogens is 148 g/mol. The smallest absolute Gasteiger partial charge is 0.0312 e. The Morgan fingerprint density at radius 2 is 2.50 bits per heavy atom. The number of nitrogens with zero attached hydrogens (tertiary/aromatic N) is 1. The largest absolute Gasteiger partial charge is 0.312 e. The van der Waals surface area contributed by atoms with Crippen LogP contribution >= 0.6 is 0 Å². The number of nitrogens with one attached hydrogen (secondary N) is 1. The summed E-state index contributed by atoms with van der Waals surface area (Å²) in [5.74, 6) is 2.58. The Bertz CT molecular complexity index is 248. The van der Waals surface area contributed by atoms with E-state index in [4.69, 9.17) is 6.42 Å². The second-order valence-corrected chi connectivity index (χ2v) is 2.49. The highest BCUT2D eigenvalue weighted by Crippen LogP contribution is 1.93. The highest BCUT2D eigenvalue weighted by molar-refractivity contribution is 5.07. The summed E-state index contributed by atoms with van der Waals surface area (Å²) in [7, 11) is 0. The number of hydrogen-bond acceptors (Lipinski definition) is 2. The zero-order valence-corrected chi connectivity index (χ0v) is 6.96. The third kappa shape index (κ3) is 3.18. The minimum absolute atomic E-state index is 0.778. The lowest BCUT2D eigenvalue weighted by molar-refractivity contribution is 0.699. The van der Waals surface area contributed by atoms with Gasteiger partial charge in [-0.3, -0.25) is 4.98 Å². The lowest BCUT2D eigenvalue weighted by Gasteiger charge is -2.00. The summed E-state index contributed by atoms with van der Waals surface area (Å²) in [6.07, 6.45) is 9.50. The average molecular weight is 160 g/mol. The van der Waals surface area contributed by atoms with E-state index in [9.17, 15) is 0 Å². The van der Waals surface area contributed by atoms with Crippen LogP contribution in [-0.2, 0) is 6.54 Å². The molecule has 1 aromatic heterocycles. The molecule has 0 saturated carbocycles. The molecule has 0 aliphatic carbocycles. The summed E-state index contributed by atoms with van der Waals surface area (Å²) in [6.45, 7) is 1.71. The van der Waals surface area contributed by atoms with Gasteiger partial charge in [0.25, 0.3) is 0 Å². The lowest BCUT2D eigenvalue weighted by Crippen LogP contribution is -2.14. The van der Waals surface area contributed by atoms with Crippen LogP contribution in [0.15, 0.2) is 24.5 Å². The number of pyridine rings is 1. The highest BCUT2D eigenvalue weighted by Gasteiger charge is 1.88. The molecular formula is C10H12N2. The van der Waals surface area contributed by atoms with Crippen molar-refractivity contribution in [2.75, 3.05) is 6.54 Å². The van der Waals surface area contributed by atoms with Gasteiger partial charge >= 0.3 is 0 Å². The molecule has 0 aromatic carbocycles. The molecule has 0 saturated heterocycles. The molecule has 1 N–H and O–H groups in total. The molecule has 2 heteroatoms. The van der Waals surface area contributed by atoms with Crippen molar-refractivity contribution in [3.05, 3.63) is 30.1 Å². The van der Waals surface area contributed by atoms with Gasteiger partial charge in [-0.05, 0) is 11.6 Å². The maximum absolute atomic E-state index is 5.11. The molecule has 0 fully saturated rings. The van der Waals surface area contributed by atoms with Crippen LogP contribution in [0.2, 0.25) is 0 Å². The molecule has 0 radical (unpaired) electrons. The van der Waals surface area contributed by atoms with E-state index in [2.05, 4.69) is 16.2 Å². The summed E-state index contributed by atoms with van der Waals surface area (Å²) in [4.78, 5) is 4.00. The van der Waals surface area contributed by atoms with Crippen LogP contribution in [0.4, 0.5) is 0 Å². The third-order valence-corrected chi connectivity index (χ3v) is 1.50. The van der Waals surface area contributed by atoms with Crippen molar-refractivity contribution in [1.29, 1.82) is 0 Å². The van der Waals surface area contributed by atoms with Gasteiger partial charge in [0.2, 0.25) is 0 Å². The normalized spacial score (nSPS) is 9.25. The molecule has 0 bridgehead atoms. The van der Waals surface area contributed by atoms with Crippen LogP contribution < -0.4 is 5.32 Å². The van der Waals surface area contributed by atoms with Gasteiger partial charge < -0.3 is 5.32 Å². The van der Waals surface area contributed by atoms with Crippen LogP contribution in [0.3, 0.4) is 0 Å². The van der Waals surface area contributed by atoms with Gasteiger partial charge in [-0.25, -0.2) is 0 Å². The fourth-order valence-electron chi connectivity index (χ4n) is 0.896. The molecule has 1 rings (SSSR count). The molecule has 0 unspecified atom stereocenters. The predicted octanol–water partition coefficient (Wildman–Crippen LogP) is 1.19. The third-order valence-electron chi connectivity index (χ3n) is 1.50. The Morgan fingerprint density at radius 3 is 3.17 bits per heavy atom. The van der Waals surface area contributed by atoms with E-state index in [-0.39, 0.29) is 0 Å². The van der Waals surface area contributed by atoms with Gasteiger partial charge in [0.15, 0.2) is 0 Å². The Morgan fingerprint density at radius 1 is 1.58 bits per heavy atom. The van der Waals surface area contributed by atoms with Crippen molar-refractivity contribution in [2.45, 2.75) is 13.0 Å². The lowest BCUT2D eigenvalue weighted by atomic mass is 10.3. The average Bonchev–Trinajstić information content (AvgIpc) is 2.14. The van der Waals surface area contributed by atoms with Gasteiger partial charge in [0.05, 0.1) is 0 Å². The van der Waals surface area contributed by atoms with E-state index >= 15 is 0 Å². The topological polar surface area (TPSA) is 24.9 Å². The Labute approximate surface area is 73.0 Å². The van der Waals surface area contributed by atoms with Crippen molar-refractivity contribution in [1.82, 2.24) is 10.3 Å². The van der Waals surface area contributed by atoms with Crippen LogP contribution in [0.25, 0.3) is 0 Å². The first-order valence-corrected chi connectivity index (χ1v) is 3.96. The Hall–Kier alpha value is -1.33. The zero-order chi connectivity index (χ0) is 8.65. The molecule has 0 amide bonds. The summed E-state index contributed by atoms with van der Waals surface area (Å²) in [5, 5.41) is 3.22. The maximum Gasteiger partial charge on any atom is 0.0312 e. The number of hydrogen-bond donors (Lipinski definition) is 1. The van der Waals surface area contributed by atoms with Gasteiger partial charge in [-0.1, -0.05) is 6.07 Å². The number of rotatable bonds is 4. The van der Waals surface area contributed by atoms with Crippen molar-refractivity contribution >= 4 is 0 Å². The zero-order valence-electron chi connectivity index (χ0n) is 6.96. The fraction of sp³-hybridized carbons (Fsp3) is 0.300. The van der Waals surface area contributed by atoms with Gasteiger partial charge in [0.1, 0.15) is 0 Å². The minimum Gasteiger partial charge on any atom is -0.312 e. The molecule has 12 heavy (non-hydrogen) atoms. The monoisotopic (exact) mass is 160 g/mol. The van der Waals surface area contributed by atoms with Gasteiger partial charge in [0, 0.05) is 31.9 Å². The first kappa shape index (κ1) is 8.76. The Kier molecular flexibility index (Phi) is 3.90. The molecule has 0 atom stereocenters. The molecule has 0 aliphatic rings. The molecule has 0 spiro atoms. The summed E-state index contributed by atoms with van der Waals surface area (Å²) < 4.78 is 0. The van der Waals surface area contributed by atoms with E-state index in [0.29, 0.717) is 0 Å². The van der Waals surface area contributed by atoms with Crippen LogP contribution in [0, 0.1) is 12.3 Å². The molecule has 62 valence electrons. The van der Waals surface area contributed by atoms with E-state index in [0.717, 1.165) is 19.5 Å². The van der Waals surface area contributed by atoms with E-state index in [1.807, 2.05) is 18.3 Å². The summed E-state index contributed by atoms with van der Waals surface area (Å²) in [5.41, 5.74) is 1.19. The maximum atomic E-state index is 5.11. The number of aromatic nitrogens is 1. The standard InChI is InChI=1S/C10H12N2/c1-2-3-6-11-8-10-5-4-7-12-9-10/h1,4-5,7,9,11H,3,6,8H2. The summed E-state index contributed by atoms with van der Waals surface area (Å²) in [6, 6.07) is 3.97. The van der Waals surface area contributed by atoms with Gasteiger partial charge in [-0.15, -0.1) is 12.3 Å². The minimum atomic E-state index is 0.778. The van der Waals surface area contributed by atoms with Crippen molar-refractivity contribution < 1.29 is 0 Å². The van der Waals surface area contributed by atoms with Crippen LogP contribution in [0.1, 0.15) is 12.0 Å². The Balaban J connectivity index is 2.21. The predicted molar refractivity (Wildman–Crippen MR) is 49.4 cm³/mol. The highest BCUT2D eigenvalue weighted by atomic mass is 14.8. The SMILES string of the molecule is C#CCCNCc1cccnc1. The van der Waals surface area contributed by atoms with Gasteiger partial charge in [-0.2, -0.15) is 0 Å². The summed E-state index contributed by atoms with van der Waals surface area (Å²) >= 11 is 0. The van der Waals surface area contributed by atoms with Crippen molar-refractivity contribution in [3.8, 4) is 12.3 Å². The van der Waals surface area contributed by atoms with Crippen molar-refractivity contribution in [2.24, 2.45) is 0 Å². The molecule has 1 heterocycles. The van der Waals surface area contributed by atoms with Crippen LogP contribution in [-0.4, -0.2) is 11.5 Å². The first-order valence-electron chi connectivity index (χ1n) is 3.96. The second-order valence-electron chi connectivity index (χ2n) is 2.49. The number of terminal acetylenes is 1. The van der Waals surface area contributed by atoms with E-state index in [1.54, 1.807) is 6.20 Å². The fourth-order valence-corrected chi connectivity index (χ4v) is 0.896. The first-order chi connectivity index (χ1) is 5.93.